The van der Waals surface area contributed by atoms with Gasteiger partial charge in [-0.3, -0.25) is 0 Å². The lowest BCUT2D eigenvalue weighted by molar-refractivity contribution is -0.148. The summed E-state index contributed by atoms with van der Waals surface area (Å²) in [6.45, 7) is 8.42. The van der Waals surface area contributed by atoms with E-state index in [1.807, 2.05) is 0 Å². The van der Waals surface area contributed by atoms with Gasteiger partial charge in [-0.1, -0.05) is 20.4 Å². The fourth-order valence-corrected chi connectivity index (χ4v) is 6.52. The highest BCUT2D eigenvalue weighted by atomic mass is 16.5. The van der Waals surface area contributed by atoms with Crippen LogP contribution >= 0.6 is 0 Å². The molecular formula is C17H24O2. The van der Waals surface area contributed by atoms with Gasteiger partial charge >= 0.3 is 5.97 Å². The molecule has 4 fully saturated rings. The predicted molar refractivity (Wildman–Crippen MR) is 73.3 cm³/mol. The highest BCUT2D eigenvalue weighted by Crippen LogP contribution is 2.71. The molecule has 7 atom stereocenters. The monoisotopic (exact) mass is 260 g/mol. The Morgan fingerprint density at radius 1 is 1.21 bits per heavy atom. The van der Waals surface area contributed by atoms with Gasteiger partial charge in [-0.05, 0) is 66.6 Å². The minimum Gasteiger partial charge on any atom is -0.459 e. The van der Waals surface area contributed by atoms with Crippen molar-refractivity contribution in [2.75, 3.05) is 0 Å². The second kappa shape index (κ2) is 3.65. The smallest absolute Gasteiger partial charge is 0.330 e. The largest absolute Gasteiger partial charge is 0.459 e. The topological polar surface area (TPSA) is 26.3 Å². The van der Waals surface area contributed by atoms with Crippen molar-refractivity contribution in [3.8, 4) is 0 Å². The van der Waals surface area contributed by atoms with Crippen LogP contribution in [0, 0.1) is 40.9 Å². The Morgan fingerprint density at radius 3 is 2.74 bits per heavy atom. The van der Waals surface area contributed by atoms with Crippen LogP contribution in [0.2, 0.25) is 0 Å². The minimum atomic E-state index is -0.225. The molecule has 0 aliphatic heterocycles. The molecule has 0 heterocycles. The Hall–Kier alpha value is -0.790. The van der Waals surface area contributed by atoms with Crippen molar-refractivity contribution in [2.45, 2.75) is 45.6 Å². The van der Waals surface area contributed by atoms with Gasteiger partial charge < -0.3 is 4.74 Å². The lowest BCUT2D eigenvalue weighted by Crippen LogP contribution is -2.42. The Kier molecular flexibility index (Phi) is 2.30. The molecule has 0 aromatic carbocycles. The zero-order valence-electron chi connectivity index (χ0n) is 12.0. The molecule has 4 rings (SSSR count). The summed E-state index contributed by atoms with van der Waals surface area (Å²) in [7, 11) is 0. The quantitative estimate of drug-likeness (QED) is 0.432. The maximum Gasteiger partial charge on any atom is 0.330 e. The lowest BCUT2D eigenvalue weighted by Gasteiger charge is -2.44. The number of fused-ring (bicyclic) bond motifs is 9. The summed E-state index contributed by atoms with van der Waals surface area (Å²) in [6, 6.07) is 0. The fourth-order valence-electron chi connectivity index (χ4n) is 6.52. The van der Waals surface area contributed by atoms with Crippen LogP contribution in [0.5, 0.6) is 0 Å². The lowest BCUT2D eigenvalue weighted by atomic mass is 9.62. The van der Waals surface area contributed by atoms with Gasteiger partial charge in [0.15, 0.2) is 0 Å². The molecule has 0 amide bonds. The fraction of sp³-hybridized carbons (Fsp3) is 0.824. The number of carbonyl (C=O) groups excluding carboxylic acids is 1. The third-order valence-corrected chi connectivity index (χ3v) is 6.86. The zero-order valence-corrected chi connectivity index (χ0v) is 12.0. The number of rotatable bonds is 2. The summed E-state index contributed by atoms with van der Waals surface area (Å²) < 4.78 is 5.62. The molecule has 4 saturated carbocycles. The second-order valence-electron chi connectivity index (χ2n) is 8.02. The average molecular weight is 260 g/mol. The highest BCUT2D eigenvalue weighted by molar-refractivity contribution is 5.81. The van der Waals surface area contributed by atoms with Crippen LogP contribution in [0.3, 0.4) is 0 Å². The molecule has 0 saturated heterocycles. The molecule has 2 nitrogen and oxygen atoms in total. The summed E-state index contributed by atoms with van der Waals surface area (Å²) in [6.07, 6.45) is 6.81. The number of hydrogen-bond acceptors (Lipinski definition) is 2. The Morgan fingerprint density at radius 2 is 2.00 bits per heavy atom. The molecule has 4 aliphatic carbocycles. The molecule has 0 aromatic rings. The van der Waals surface area contributed by atoms with E-state index >= 15 is 0 Å². The first-order chi connectivity index (χ1) is 9.01. The van der Waals surface area contributed by atoms with Crippen molar-refractivity contribution in [2.24, 2.45) is 40.9 Å². The highest BCUT2D eigenvalue weighted by Gasteiger charge is 2.67. The maximum absolute atomic E-state index is 11.5. The third-order valence-electron chi connectivity index (χ3n) is 6.86. The molecule has 104 valence electrons. The van der Waals surface area contributed by atoms with Gasteiger partial charge in [-0.15, -0.1) is 0 Å². The van der Waals surface area contributed by atoms with Gasteiger partial charge in [0.25, 0.3) is 0 Å². The molecular weight excluding hydrogens is 236 g/mol. The van der Waals surface area contributed by atoms with E-state index in [1.54, 1.807) is 0 Å². The minimum absolute atomic E-state index is 0.187. The zero-order chi connectivity index (χ0) is 13.4. The SMILES string of the molecule is C=CC(=O)OC1CC2CC1C1C2C2CC1C(C)(C)C2. The first kappa shape index (κ1) is 12.0. The van der Waals surface area contributed by atoms with Crippen LogP contribution in [0.1, 0.15) is 39.5 Å². The van der Waals surface area contributed by atoms with Crippen molar-refractivity contribution in [1.82, 2.24) is 0 Å². The van der Waals surface area contributed by atoms with Gasteiger partial charge in [0.1, 0.15) is 6.10 Å². The number of ether oxygens (including phenoxy) is 1. The average Bonchev–Trinajstić information content (AvgIpc) is 3.03. The van der Waals surface area contributed by atoms with Crippen LogP contribution < -0.4 is 0 Å². The van der Waals surface area contributed by atoms with E-state index in [9.17, 15) is 4.79 Å². The number of carbonyl (C=O) groups is 1. The Bertz CT molecular complexity index is 439. The van der Waals surface area contributed by atoms with Crippen LogP contribution in [0.15, 0.2) is 12.7 Å². The van der Waals surface area contributed by atoms with Crippen molar-refractivity contribution >= 4 is 5.97 Å². The van der Waals surface area contributed by atoms with Gasteiger partial charge in [0.05, 0.1) is 0 Å². The molecule has 0 aromatic heterocycles. The van der Waals surface area contributed by atoms with E-state index in [0.29, 0.717) is 11.3 Å². The van der Waals surface area contributed by atoms with E-state index in [2.05, 4.69) is 20.4 Å². The Balaban J connectivity index is 1.58. The van der Waals surface area contributed by atoms with Crippen LogP contribution in [-0.4, -0.2) is 12.1 Å². The molecule has 4 aliphatic rings. The first-order valence-electron chi connectivity index (χ1n) is 7.84. The van der Waals surface area contributed by atoms with Gasteiger partial charge in [-0.2, -0.15) is 0 Å². The van der Waals surface area contributed by atoms with Crippen molar-refractivity contribution in [1.29, 1.82) is 0 Å². The summed E-state index contributed by atoms with van der Waals surface area (Å²) >= 11 is 0. The second-order valence-corrected chi connectivity index (χ2v) is 8.02. The van der Waals surface area contributed by atoms with E-state index < -0.39 is 0 Å². The molecule has 0 spiro atoms. The Labute approximate surface area is 115 Å². The maximum atomic E-state index is 11.5. The number of esters is 1. The van der Waals surface area contributed by atoms with Crippen molar-refractivity contribution in [3.63, 3.8) is 0 Å². The summed E-state index contributed by atoms with van der Waals surface area (Å²) in [5.41, 5.74) is 0.517. The van der Waals surface area contributed by atoms with Crippen LogP contribution in [-0.2, 0) is 9.53 Å². The van der Waals surface area contributed by atoms with E-state index in [0.717, 1.165) is 36.0 Å². The van der Waals surface area contributed by atoms with Crippen molar-refractivity contribution < 1.29 is 9.53 Å². The molecule has 0 N–H and O–H groups in total. The summed E-state index contributed by atoms with van der Waals surface area (Å²) in [5, 5.41) is 0. The van der Waals surface area contributed by atoms with E-state index in [4.69, 9.17) is 4.74 Å². The molecule has 4 bridgehead atoms. The third kappa shape index (κ3) is 1.46. The standard InChI is InChI=1S/C17H24O2/c1-4-14(18)19-13-7-9-5-11(13)16-12-6-10(15(9)16)8-17(12,2)3/h4,9-13,15-16H,1,5-8H2,2-3H3. The normalized spacial score (nSPS) is 52.2. The van der Waals surface area contributed by atoms with E-state index in [-0.39, 0.29) is 12.1 Å². The molecule has 7 unspecified atom stereocenters. The van der Waals surface area contributed by atoms with Gasteiger partial charge in [0, 0.05) is 6.08 Å². The number of hydrogen-bond donors (Lipinski definition) is 0. The summed E-state index contributed by atoms with van der Waals surface area (Å²) in [5.74, 6) is 4.91. The van der Waals surface area contributed by atoms with Crippen LogP contribution in [0.4, 0.5) is 0 Å². The first-order valence-corrected chi connectivity index (χ1v) is 7.84. The van der Waals surface area contributed by atoms with Gasteiger partial charge in [0.2, 0.25) is 0 Å². The van der Waals surface area contributed by atoms with E-state index in [1.165, 1.54) is 25.3 Å². The van der Waals surface area contributed by atoms with Gasteiger partial charge in [-0.25, -0.2) is 4.79 Å². The molecule has 0 radical (unpaired) electrons. The van der Waals surface area contributed by atoms with Crippen LogP contribution in [0.25, 0.3) is 0 Å². The molecule has 2 heteroatoms. The molecule has 19 heavy (non-hydrogen) atoms. The predicted octanol–water partition coefficient (Wildman–Crippen LogP) is 3.42. The van der Waals surface area contributed by atoms with Crippen molar-refractivity contribution in [3.05, 3.63) is 12.7 Å². The summed E-state index contributed by atoms with van der Waals surface area (Å²) in [4.78, 5) is 11.5.